The van der Waals surface area contributed by atoms with Crippen molar-refractivity contribution in [2.24, 2.45) is 4.99 Å². The van der Waals surface area contributed by atoms with Crippen LogP contribution in [0.3, 0.4) is 0 Å². The van der Waals surface area contributed by atoms with Crippen LogP contribution in [-0.4, -0.2) is 30.4 Å². The molecule has 5 nitrogen and oxygen atoms in total. The Morgan fingerprint density at radius 2 is 2.00 bits per heavy atom. The number of nitrogens with zero attached hydrogens (tertiary/aromatic N) is 2. The average Bonchev–Trinajstić information content (AvgIpc) is 3.31. The Bertz CT molecular complexity index is 997. The Labute approximate surface area is 166 Å². The van der Waals surface area contributed by atoms with E-state index in [1.54, 1.807) is 12.1 Å². The summed E-state index contributed by atoms with van der Waals surface area (Å²) in [5, 5.41) is 10.8. The summed E-state index contributed by atoms with van der Waals surface area (Å²) < 4.78 is 42.1. The first kappa shape index (κ1) is 18.8. The monoisotopic (exact) mass is 424 g/mol. The van der Waals surface area contributed by atoms with Gasteiger partial charge in [-0.3, -0.25) is 4.99 Å². The lowest BCUT2D eigenvalue weighted by atomic mass is 10.1. The molecule has 3 aromatic rings. The predicted molar refractivity (Wildman–Crippen MR) is 106 cm³/mol. The molecule has 1 aromatic carbocycles. The van der Waals surface area contributed by atoms with Gasteiger partial charge >= 0.3 is 6.36 Å². The van der Waals surface area contributed by atoms with Crippen molar-refractivity contribution in [3.8, 4) is 27.4 Å². The van der Waals surface area contributed by atoms with Crippen LogP contribution in [0.4, 0.5) is 18.3 Å². The molecule has 0 fully saturated rings. The second kappa shape index (κ2) is 7.80. The minimum Gasteiger partial charge on any atom is -0.405 e. The summed E-state index contributed by atoms with van der Waals surface area (Å²) in [5.74, 6) is 0.488. The molecule has 2 aromatic heterocycles. The Morgan fingerprint density at radius 1 is 1.14 bits per heavy atom. The lowest BCUT2D eigenvalue weighted by molar-refractivity contribution is -0.274. The van der Waals surface area contributed by atoms with E-state index in [-0.39, 0.29) is 5.75 Å². The molecule has 0 atom stereocenters. The number of alkyl halides is 3. The number of thiazole rings is 1. The normalized spacial score (nSPS) is 14.3. The van der Waals surface area contributed by atoms with Gasteiger partial charge in [0.15, 0.2) is 11.1 Å². The van der Waals surface area contributed by atoms with Crippen molar-refractivity contribution in [3.05, 3.63) is 41.1 Å². The molecule has 0 aliphatic carbocycles. The standard InChI is InChI=1S/C18H15F3N4OS2/c19-18(20,21)26-14-5-2-1-4-12(14)15-8-11(9-27-15)13-10-28-17(24-13)25-16-22-6-3-7-23-16/h1-2,4-5,8-10H,3,6-7H2,(H2,22,23,24,25). The van der Waals surface area contributed by atoms with Crippen molar-refractivity contribution in [1.82, 2.24) is 10.3 Å². The van der Waals surface area contributed by atoms with Crippen molar-refractivity contribution in [1.29, 1.82) is 0 Å². The van der Waals surface area contributed by atoms with Crippen LogP contribution < -0.4 is 15.4 Å². The van der Waals surface area contributed by atoms with E-state index in [2.05, 4.69) is 25.3 Å². The largest absolute Gasteiger partial charge is 0.573 e. The second-order valence-electron chi connectivity index (χ2n) is 5.92. The third kappa shape index (κ3) is 4.45. The van der Waals surface area contributed by atoms with Gasteiger partial charge in [-0.2, -0.15) is 0 Å². The molecule has 28 heavy (non-hydrogen) atoms. The Hall–Kier alpha value is -2.59. The summed E-state index contributed by atoms with van der Waals surface area (Å²) >= 11 is 2.79. The fraction of sp³-hybridized carbons (Fsp3) is 0.222. The van der Waals surface area contributed by atoms with E-state index in [4.69, 9.17) is 0 Å². The van der Waals surface area contributed by atoms with Crippen LogP contribution in [0.5, 0.6) is 5.75 Å². The van der Waals surface area contributed by atoms with E-state index in [1.165, 1.54) is 34.8 Å². The Balaban J connectivity index is 1.55. The zero-order valence-electron chi connectivity index (χ0n) is 14.4. The maximum Gasteiger partial charge on any atom is 0.573 e. The average molecular weight is 424 g/mol. The fourth-order valence-corrected chi connectivity index (χ4v) is 4.33. The Kier molecular flexibility index (Phi) is 5.23. The van der Waals surface area contributed by atoms with Gasteiger partial charge in [0.1, 0.15) is 5.75 Å². The van der Waals surface area contributed by atoms with Crippen molar-refractivity contribution < 1.29 is 17.9 Å². The highest BCUT2D eigenvalue weighted by Gasteiger charge is 2.32. The van der Waals surface area contributed by atoms with Crippen LogP contribution >= 0.6 is 22.7 Å². The van der Waals surface area contributed by atoms with Crippen LogP contribution in [0.1, 0.15) is 6.42 Å². The van der Waals surface area contributed by atoms with E-state index in [1.807, 2.05) is 16.8 Å². The quantitative estimate of drug-likeness (QED) is 0.605. The van der Waals surface area contributed by atoms with Gasteiger partial charge in [-0.25, -0.2) is 4.98 Å². The van der Waals surface area contributed by atoms with Gasteiger partial charge in [0.2, 0.25) is 0 Å². The highest BCUT2D eigenvalue weighted by Crippen LogP contribution is 2.39. The molecule has 1 aliphatic heterocycles. The number of thiophene rings is 1. The molecule has 1 aliphatic rings. The number of hydrogen-bond donors (Lipinski definition) is 2. The molecule has 0 saturated heterocycles. The third-order valence-electron chi connectivity index (χ3n) is 3.90. The first-order valence-corrected chi connectivity index (χ1v) is 10.2. The molecule has 0 bridgehead atoms. The number of benzene rings is 1. The number of para-hydroxylation sites is 1. The number of nitrogens with one attached hydrogen (secondary N) is 2. The summed E-state index contributed by atoms with van der Waals surface area (Å²) in [5.41, 5.74) is 1.98. The molecule has 0 saturated carbocycles. The van der Waals surface area contributed by atoms with Crippen LogP contribution in [0.2, 0.25) is 0 Å². The lowest BCUT2D eigenvalue weighted by Crippen LogP contribution is -2.35. The number of guanidine groups is 1. The molecular formula is C18H15F3N4OS2. The first-order chi connectivity index (χ1) is 13.5. The summed E-state index contributed by atoms with van der Waals surface area (Å²) in [7, 11) is 0. The van der Waals surface area contributed by atoms with Crippen LogP contribution in [0, 0.1) is 0 Å². The smallest absolute Gasteiger partial charge is 0.405 e. The maximum atomic E-state index is 12.7. The van der Waals surface area contributed by atoms with Crippen molar-refractivity contribution in [2.45, 2.75) is 12.8 Å². The van der Waals surface area contributed by atoms with Gasteiger partial charge in [-0.05, 0) is 24.6 Å². The molecule has 0 radical (unpaired) electrons. The highest BCUT2D eigenvalue weighted by molar-refractivity contribution is 7.15. The van der Waals surface area contributed by atoms with Gasteiger partial charge in [0.05, 0.1) is 5.69 Å². The van der Waals surface area contributed by atoms with Gasteiger partial charge < -0.3 is 15.4 Å². The van der Waals surface area contributed by atoms with E-state index >= 15 is 0 Å². The maximum absolute atomic E-state index is 12.7. The summed E-state index contributed by atoms with van der Waals surface area (Å²) in [6.07, 6.45) is -3.73. The number of ether oxygens (including phenoxy) is 1. The SMILES string of the molecule is FC(F)(F)Oc1ccccc1-c1cc(-c2csc(NC3=NCCCN3)n2)cs1. The van der Waals surface area contributed by atoms with E-state index < -0.39 is 6.36 Å². The molecule has 4 rings (SSSR count). The number of aromatic nitrogens is 1. The minimum atomic E-state index is -4.73. The highest BCUT2D eigenvalue weighted by atomic mass is 32.1. The van der Waals surface area contributed by atoms with Crippen LogP contribution in [-0.2, 0) is 0 Å². The van der Waals surface area contributed by atoms with E-state index in [0.29, 0.717) is 21.5 Å². The molecule has 10 heteroatoms. The molecule has 2 N–H and O–H groups in total. The zero-order valence-corrected chi connectivity index (χ0v) is 16.0. The molecule has 3 heterocycles. The summed E-state index contributed by atoms with van der Waals surface area (Å²) in [6, 6.07) is 7.93. The molecular weight excluding hydrogens is 409 g/mol. The van der Waals surface area contributed by atoms with Crippen molar-refractivity contribution in [2.75, 3.05) is 18.4 Å². The van der Waals surface area contributed by atoms with Crippen LogP contribution in [0.25, 0.3) is 21.7 Å². The number of rotatable bonds is 4. The van der Waals surface area contributed by atoms with E-state index in [0.717, 1.165) is 30.8 Å². The van der Waals surface area contributed by atoms with Gasteiger partial charge in [0, 0.05) is 39.9 Å². The minimum absolute atomic E-state index is 0.217. The molecule has 0 amide bonds. The van der Waals surface area contributed by atoms with Gasteiger partial charge in [-0.15, -0.1) is 35.8 Å². The number of hydrogen-bond acceptors (Lipinski definition) is 7. The molecule has 146 valence electrons. The van der Waals surface area contributed by atoms with Gasteiger partial charge in [0.25, 0.3) is 0 Å². The number of aliphatic imine (C=N–C) groups is 1. The second-order valence-corrected chi connectivity index (χ2v) is 7.69. The number of anilines is 1. The van der Waals surface area contributed by atoms with Crippen molar-refractivity contribution >= 4 is 33.8 Å². The first-order valence-electron chi connectivity index (χ1n) is 8.43. The van der Waals surface area contributed by atoms with Crippen LogP contribution in [0.15, 0.2) is 46.1 Å². The fourth-order valence-electron chi connectivity index (χ4n) is 2.68. The van der Waals surface area contributed by atoms with Crippen molar-refractivity contribution in [3.63, 3.8) is 0 Å². The third-order valence-corrected chi connectivity index (χ3v) is 5.62. The topological polar surface area (TPSA) is 58.5 Å². The Morgan fingerprint density at radius 3 is 2.79 bits per heavy atom. The van der Waals surface area contributed by atoms with Gasteiger partial charge in [-0.1, -0.05) is 12.1 Å². The summed E-state index contributed by atoms with van der Waals surface area (Å²) in [6.45, 7) is 1.65. The number of halogens is 3. The lowest BCUT2D eigenvalue weighted by Gasteiger charge is -2.14. The predicted octanol–water partition coefficient (Wildman–Crippen LogP) is 5.20. The molecule has 0 spiro atoms. The molecule has 0 unspecified atom stereocenters. The summed E-state index contributed by atoms with van der Waals surface area (Å²) in [4.78, 5) is 9.57. The zero-order chi connectivity index (χ0) is 19.6. The van der Waals surface area contributed by atoms with E-state index in [9.17, 15) is 13.2 Å².